The number of carbonyl (C=O) groups is 4. The highest BCUT2D eigenvalue weighted by Crippen LogP contribution is 2.36. The number of benzene rings is 2. The van der Waals surface area contributed by atoms with E-state index in [0.29, 0.717) is 12.8 Å². The van der Waals surface area contributed by atoms with E-state index in [1.54, 1.807) is 0 Å². The molecule has 1 aliphatic heterocycles. The molecule has 36 heavy (non-hydrogen) atoms. The molecule has 2 aromatic carbocycles. The molecule has 188 valence electrons. The molecule has 4 rings (SSSR count). The number of nitrogens with one attached hydrogen (secondary N) is 1. The molecule has 0 saturated carbocycles. The van der Waals surface area contributed by atoms with Gasteiger partial charge in [-0.3, -0.25) is 19.3 Å². The van der Waals surface area contributed by atoms with E-state index in [1.807, 2.05) is 74.5 Å². The molecule has 7 heteroatoms. The fraction of sp³-hybridized carbons (Fsp3) is 0.379. The summed E-state index contributed by atoms with van der Waals surface area (Å²) >= 11 is 0. The number of para-hydroxylation sites is 1. The van der Waals surface area contributed by atoms with Crippen molar-refractivity contribution in [2.75, 3.05) is 11.9 Å². The molecule has 1 N–H and O–H groups in total. The molecule has 0 unspecified atom stereocenters. The average Bonchev–Trinajstić information content (AvgIpc) is 3.16. The summed E-state index contributed by atoms with van der Waals surface area (Å²) in [5, 5.41) is 2.88. The molecule has 1 aliphatic carbocycles. The number of amides is 3. The summed E-state index contributed by atoms with van der Waals surface area (Å²) in [4.78, 5) is 53.5. The third kappa shape index (κ3) is 5.25. The van der Waals surface area contributed by atoms with Crippen molar-refractivity contribution in [2.45, 2.75) is 52.0 Å². The Kier molecular flexibility index (Phi) is 7.98. The van der Waals surface area contributed by atoms with Gasteiger partial charge in [-0.15, -0.1) is 0 Å². The van der Waals surface area contributed by atoms with Crippen molar-refractivity contribution in [3.8, 4) is 0 Å². The van der Waals surface area contributed by atoms with Gasteiger partial charge in [-0.05, 0) is 42.4 Å². The minimum absolute atomic E-state index is 0.129. The number of esters is 1. The van der Waals surface area contributed by atoms with Crippen LogP contribution in [0, 0.1) is 11.8 Å². The first-order chi connectivity index (χ1) is 17.4. The number of allylic oxidation sites excluding steroid dienone is 2. The van der Waals surface area contributed by atoms with E-state index in [9.17, 15) is 19.2 Å². The van der Waals surface area contributed by atoms with Gasteiger partial charge in [0.15, 0.2) is 6.61 Å². The first-order valence-corrected chi connectivity index (χ1v) is 12.6. The zero-order valence-corrected chi connectivity index (χ0v) is 20.7. The Balaban J connectivity index is 1.50. The number of fused-ring (bicyclic) bond motifs is 1. The highest BCUT2D eigenvalue weighted by Gasteiger charge is 2.51. The quantitative estimate of drug-likeness (QED) is 0.329. The second kappa shape index (κ2) is 11.3. The second-order valence-electron chi connectivity index (χ2n) is 9.22. The SMILES string of the molecule is CCc1cccc(CC)c1NC(=O)COC(=O)[C@@H](Cc1ccccc1)N1C(=O)[C@H]2CC=CC[C@H]2C1=O. The molecule has 2 aromatic rings. The Morgan fingerprint density at radius 3 is 2.06 bits per heavy atom. The Bertz CT molecular complexity index is 1130. The van der Waals surface area contributed by atoms with Crippen molar-refractivity contribution in [1.29, 1.82) is 0 Å². The van der Waals surface area contributed by atoms with Crippen LogP contribution < -0.4 is 5.32 Å². The van der Waals surface area contributed by atoms with Crippen LogP contribution in [-0.4, -0.2) is 41.2 Å². The number of rotatable bonds is 9. The highest BCUT2D eigenvalue weighted by molar-refractivity contribution is 6.08. The third-order valence-electron chi connectivity index (χ3n) is 7.01. The van der Waals surface area contributed by atoms with Gasteiger partial charge in [-0.2, -0.15) is 0 Å². The molecule has 1 saturated heterocycles. The van der Waals surface area contributed by atoms with Crippen molar-refractivity contribution < 1.29 is 23.9 Å². The minimum Gasteiger partial charge on any atom is -0.454 e. The Morgan fingerprint density at radius 2 is 1.50 bits per heavy atom. The number of anilines is 1. The van der Waals surface area contributed by atoms with Crippen molar-refractivity contribution in [2.24, 2.45) is 11.8 Å². The number of imide groups is 1. The first kappa shape index (κ1) is 25.4. The lowest BCUT2D eigenvalue weighted by Crippen LogP contribution is -2.48. The summed E-state index contributed by atoms with van der Waals surface area (Å²) in [6.07, 6.45) is 6.41. The third-order valence-corrected chi connectivity index (χ3v) is 7.01. The van der Waals surface area contributed by atoms with Crippen LogP contribution in [0.25, 0.3) is 0 Å². The van der Waals surface area contributed by atoms with Gasteiger partial charge in [0, 0.05) is 12.1 Å². The molecule has 3 amide bonds. The predicted octanol–water partition coefficient (Wildman–Crippen LogP) is 3.86. The van der Waals surface area contributed by atoms with Crippen LogP contribution >= 0.6 is 0 Å². The topological polar surface area (TPSA) is 92.8 Å². The van der Waals surface area contributed by atoms with Crippen molar-refractivity contribution >= 4 is 29.4 Å². The maximum atomic E-state index is 13.3. The second-order valence-corrected chi connectivity index (χ2v) is 9.22. The molecule has 7 nitrogen and oxygen atoms in total. The van der Waals surface area contributed by atoms with Crippen molar-refractivity contribution in [1.82, 2.24) is 4.90 Å². The maximum absolute atomic E-state index is 13.3. The molecule has 1 fully saturated rings. The summed E-state index contributed by atoms with van der Waals surface area (Å²) in [7, 11) is 0. The van der Waals surface area contributed by atoms with E-state index < -0.39 is 36.4 Å². The van der Waals surface area contributed by atoms with E-state index >= 15 is 0 Å². The van der Waals surface area contributed by atoms with Crippen LogP contribution in [0.3, 0.4) is 0 Å². The fourth-order valence-electron chi connectivity index (χ4n) is 5.06. The Hall–Kier alpha value is -3.74. The van der Waals surface area contributed by atoms with Gasteiger partial charge < -0.3 is 10.1 Å². The summed E-state index contributed by atoms with van der Waals surface area (Å²) in [6, 6.07) is 13.9. The minimum atomic E-state index is -1.13. The molecule has 0 bridgehead atoms. The van der Waals surface area contributed by atoms with Crippen LogP contribution in [-0.2, 0) is 43.2 Å². The molecular weight excluding hydrogens is 456 g/mol. The van der Waals surface area contributed by atoms with Crippen LogP contribution in [0.2, 0.25) is 0 Å². The lowest BCUT2D eigenvalue weighted by Gasteiger charge is -2.25. The number of nitrogens with zero attached hydrogens (tertiary/aromatic N) is 1. The summed E-state index contributed by atoms with van der Waals surface area (Å²) in [5.41, 5.74) is 3.54. The molecule has 1 heterocycles. The molecule has 3 atom stereocenters. The monoisotopic (exact) mass is 488 g/mol. The molecule has 2 aliphatic rings. The van der Waals surface area contributed by atoms with Gasteiger partial charge in [-0.1, -0.05) is 74.5 Å². The number of hydrogen-bond acceptors (Lipinski definition) is 5. The fourth-order valence-corrected chi connectivity index (χ4v) is 5.06. The van der Waals surface area contributed by atoms with Gasteiger partial charge in [0.2, 0.25) is 11.8 Å². The van der Waals surface area contributed by atoms with Gasteiger partial charge >= 0.3 is 5.97 Å². The van der Waals surface area contributed by atoms with Crippen molar-refractivity contribution in [3.63, 3.8) is 0 Å². The number of hydrogen-bond donors (Lipinski definition) is 1. The first-order valence-electron chi connectivity index (χ1n) is 12.6. The molecular formula is C29H32N2O5. The lowest BCUT2D eigenvalue weighted by molar-refractivity contribution is -0.160. The van der Waals surface area contributed by atoms with E-state index in [-0.39, 0.29) is 18.2 Å². The number of aryl methyl sites for hydroxylation is 2. The summed E-state index contributed by atoms with van der Waals surface area (Å²) in [5.74, 6) is -2.82. The van der Waals surface area contributed by atoms with Gasteiger partial charge in [0.05, 0.1) is 11.8 Å². The zero-order chi connectivity index (χ0) is 25.7. The van der Waals surface area contributed by atoms with E-state index in [0.717, 1.165) is 40.1 Å². The standard InChI is InChI=1S/C29H32N2O5/c1-3-20-13-10-14-21(4-2)26(20)30-25(32)18-36-29(35)24(17-19-11-6-5-7-12-19)31-27(33)22-15-8-9-16-23(22)28(31)34/h5-14,22-24H,3-4,15-18H2,1-2H3,(H,30,32)/t22-,23+,24-/m1/s1. The smallest absolute Gasteiger partial charge is 0.330 e. The van der Waals surface area contributed by atoms with Gasteiger partial charge in [-0.25, -0.2) is 4.79 Å². The molecule has 0 spiro atoms. The van der Waals surface area contributed by atoms with Crippen LogP contribution in [0.5, 0.6) is 0 Å². The molecule has 0 aromatic heterocycles. The van der Waals surface area contributed by atoms with Crippen LogP contribution in [0.15, 0.2) is 60.7 Å². The van der Waals surface area contributed by atoms with E-state index in [4.69, 9.17) is 4.74 Å². The normalized spacial score (nSPS) is 19.7. The Morgan fingerprint density at radius 1 is 0.917 bits per heavy atom. The van der Waals surface area contributed by atoms with E-state index in [1.165, 1.54) is 0 Å². The lowest BCUT2D eigenvalue weighted by atomic mass is 9.85. The Labute approximate surface area is 211 Å². The number of likely N-dealkylation sites (tertiary alicyclic amines) is 1. The largest absolute Gasteiger partial charge is 0.454 e. The zero-order valence-electron chi connectivity index (χ0n) is 20.7. The number of carbonyl (C=O) groups excluding carboxylic acids is 4. The van der Waals surface area contributed by atoms with Crippen LogP contribution in [0.4, 0.5) is 5.69 Å². The highest BCUT2D eigenvalue weighted by atomic mass is 16.5. The number of ether oxygens (including phenoxy) is 1. The average molecular weight is 489 g/mol. The van der Waals surface area contributed by atoms with Crippen molar-refractivity contribution in [3.05, 3.63) is 77.4 Å². The van der Waals surface area contributed by atoms with Crippen LogP contribution in [0.1, 0.15) is 43.4 Å². The summed E-state index contributed by atoms with van der Waals surface area (Å²) in [6.45, 7) is 3.52. The van der Waals surface area contributed by atoms with Gasteiger partial charge in [0.25, 0.3) is 5.91 Å². The predicted molar refractivity (Wildman–Crippen MR) is 136 cm³/mol. The van der Waals surface area contributed by atoms with Gasteiger partial charge in [0.1, 0.15) is 6.04 Å². The summed E-state index contributed by atoms with van der Waals surface area (Å²) < 4.78 is 5.41. The molecule has 0 radical (unpaired) electrons. The maximum Gasteiger partial charge on any atom is 0.330 e. The van der Waals surface area contributed by atoms with E-state index in [2.05, 4.69) is 5.32 Å².